The molecule has 5 nitrogen and oxygen atoms in total. The lowest BCUT2D eigenvalue weighted by Crippen LogP contribution is -2.52. The fourth-order valence-electron chi connectivity index (χ4n) is 2.18. The van der Waals surface area contributed by atoms with Gasteiger partial charge in [-0.1, -0.05) is 0 Å². The van der Waals surface area contributed by atoms with Gasteiger partial charge in [0, 0.05) is 20.1 Å². The number of ether oxygens (including phenoxy) is 2. The summed E-state index contributed by atoms with van der Waals surface area (Å²) in [5.41, 5.74) is 0. The number of piperidine rings is 1. The van der Waals surface area contributed by atoms with E-state index in [2.05, 4.69) is 0 Å². The van der Waals surface area contributed by atoms with E-state index < -0.39 is 0 Å². The van der Waals surface area contributed by atoms with Crippen LogP contribution in [0.3, 0.4) is 0 Å². The highest BCUT2D eigenvalue weighted by Gasteiger charge is 2.35. The maximum Gasteiger partial charge on any atom is 0.409 e. The normalized spacial score (nSPS) is 25.3. The van der Waals surface area contributed by atoms with Crippen molar-refractivity contribution in [2.45, 2.75) is 38.3 Å². The molecule has 16 heavy (non-hydrogen) atoms. The number of hydrogen-bond acceptors (Lipinski definition) is 4. The Balaban J connectivity index is 2.78. The Morgan fingerprint density at radius 3 is 2.56 bits per heavy atom. The van der Waals surface area contributed by atoms with Crippen LogP contribution in [0.2, 0.25) is 0 Å². The number of methoxy groups -OCH3 is 2. The summed E-state index contributed by atoms with van der Waals surface area (Å²) in [6.45, 7) is 2.15. The molecular formula is C11H19NO4. The minimum Gasteiger partial charge on any atom is -0.453 e. The zero-order valence-electron chi connectivity index (χ0n) is 10.1. The SMILES string of the molecule is COC(=O)N1CCC[C@H](OC)[C@@H]1CC(C)=O. The van der Waals surface area contributed by atoms with Gasteiger partial charge in [-0.15, -0.1) is 0 Å². The van der Waals surface area contributed by atoms with Crippen LogP contribution in [-0.2, 0) is 14.3 Å². The molecule has 1 heterocycles. The number of rotatable bonds is 3. The minimum atomic E-state index is -0.381. The Bertz CT molecular complexity index is 267. The van der Waals surface area contributed by atoms with Crippen LogP contribution in [0.15, 0.2) is 0 Å². The van der Waals surface area contributed by atoms with Crippen molar-refractivity contribution in [3.8, 4) is 0 Å². The van der Waals surface area contributed by atoms with Crippen molar-refractivity contribution in [3.63, 3.8) is 0 Å². The highest BCUT2D eigenvalue weighted by Crippen LogP contribution is 2.23. The first-order valence-electron chi connectivity index (χ1n) is 5.47. The summed E-state index contributed by atoms with van der Waals surface area (Å²) in [4.78, 5) is 24.3. The van der Waals surface area contributed by atoms with Crippen molar-refractivity contribution >= 4 is 11.9 Å². The standard InChI is InChI=1S/C11H19NO4/c1-8(13)7-9-10(15-2)5-4-6-12(9)11(14)16-3/h9-10H,4-7H2,1-3H3/t9-,10-/m0/s1. The van der Waals surface area contributed by atoms with Gasteiger partial charge in [-0.3, -0.25) is 4.79 Å². The smallest absolute Gasteiger partial charge is 0.409 e. The van der Waals surface area contributed by atoms with Crippen LogP contribution < -0.4 is 0 Å². The number of carbonyl (C=O) groups is 2. The maximum atomic E-state index is 11.6. The Labute approximate surface area is 95.7 Å². The average molecular weight is 229 g/mol. The van der Waals surface area contributed by atoms with Gasteiger partial charge in [0.25, 0.3) is 0 Å². The molecule has 1 rings (SSSR count). The molecule has 0 saturated carbocycles. The van der Waals surface area contributed by atoms with Crippen molar-refractivity contribution < 1.29 is 19.1 Å². The van der Waals surface area contributed by atoms with Crippen molar-refractivity contribution in [1.82, 2.24) is 4.90 Å². The van der Waals surface area contributed by atoms with Crippen molar-refractivity contribution in [2.75, 3.05) is 20.8 Å². The monoisotopic (exact) mass is 229 g/mol. The van der Waals surface area contributed by atoms with E-state index in [0.29, 0.717) is 13.0 Å². The first-order chi connectivity index (χ1) is 7.60. The zero-order valence-corrected chi connectivity index (χ0v) is 10.1. The average Bonchev–Trinajstić information content (AvgIpc) is 2.27. The second kappa shape index (κ2) is 5.84. The van der Waals surface area contributed by atoms with Crippen molar-refractivity contribution in [3.05, 3.63) is 0 Å². The third-order valence-corrected chi connectivity index (χ3v) is 2.93. The number of hydrogen-bond donors (Lipinski definition) is 0. The van der Waals surface area contributed by atoms with E-state index >= 15 is 0 Å². The fraction of sp³-hybridized carbons (Fsp3) is 0.818. The molecule has 1 fully saturated rings. The second-order valence-corrected chi connectivity index (χ2v) is 4.05. The number of nitrogens with zero attached hydrogens (tertiary/aromatic N) is 1. The maximum absolute atomic E-state index is 11.6. The largest absolute Gasteiger partial charge is 0.453 e. The predicted molar refractivity (Wildman–Crippen MR) is 58.2 cm³/mol. The van der Waals surface area contributed by atoms with Crippen LogP contribution in [0.5, 0.6) is 0 Å². The number of carbonyl (C=O) groups excluding carboxylic acids is 2. The molecule has 1 amide bonds. The summed E-state index contributed by atoms with van der Waals surface area (Å²) >= 11 is 0. The van der Waals surface area contributed by atoms with Crippen LogP contribution in [0, 0.1) is 0 Å². The zero-order chi connectivity index (χ0) is 12.1. The Morgan fingerprint density at radius 2 is 2.06 bits per heavy atom. The lowest BCUT2D eigenvalue weighted by atomic mass is 9.95. The van der Waals surface area contributed by atoms with Gasteiger partial charge >= 0.3 is 6.09 Å². The summed E-state index contributed by atoms with van der Waals surface area (Å²) in [5.74, 6) is 0.0582. The molecule has 5 heteroatoms. The van der Waals surface area contributed by atoms with Gasteiger partial charge in [0.05, 0.1) is 19.3 Å². The van der Waals surface area contributed by atoms with Crippen LogP contribution in [-0.4, -0.2) is 49.7 Å². The van der Waals surface area contributed by atoms with Gasteiger partial charge in [0.2, 0.25) is 0 Å². The molecule has 0 N–H and O–H groups in total. The molecule has 1 aliphatic heterocycles. The van der Waals surface area contributed by atoms with Gasteiger partial charge in [-0.05, 0) is 19.8 Å². The van der Waals surface area contributed by atoms with Gasteiger partial charge in [-0.2, -0.15) is 0 Å². The van der Waals surface area contributed by atoms with Crippen LogP contribution >= 0.6 is 0 Å². The topological polar surface area (TPSA) is 55.8 Å². The molecule has 0 aliphatic carbocycles. The number of amides is 1. The second-order valence-electron chi connectivity index (χ2n) is 4.05. The minimum absolute atomic E-state index is 0.0582. The summed E-state index contributed by atoms with van der Waals surface area (Å²) < 4.78 is 10.0. The van der Waals surface area contributed by atoms with Gasteiger partial charge < -0.3 is 14.4 Å². The molecule has 0 aromatic heterocycles. The molecule has 1 aliphatic rings. The van der Waals surface area contributed by atoms with E-state index in [4.69, 9.17) is 9.47 Å². The van der Waals surface area contributed by atoms with Crippen molar-refractivity contribution in [2.24, 2.45) is 0 Å². The lowest BCUT2D eigenvalue weighted by molar-refractivity contribution is -0.120. The number of likely N-dealkylation sites (tertiary alicyclic amines) is 1. The van der Waals surface area contributed by atoms with E-state index in [9.17, 15) is 9.59 Å². The van der Waals surface area contributed by atoms with E-state index in [1.165, 1.54) is 14.0 Å². The molecule has 0 aromatic carbocycles. The highest BCUT2D eigenvalue weighted by molar-refractivity contribution is 5.77. The quantitative estimate of drug-likeness (QED) is 0.730. The Hall–Kier alpha value is -1.10. The van der Waals surface area contributed by atoms with Crippen LogP contribution in [0.1, 0.15) is 26.2 Å². The first-order valence-corrected chi connectivity index (χ1v) is 5.47. The number of ketones is 1. The summed E-state index contributed by atoms with van der Waals surface area (Å²) in [6.07, 6.45) is 1.63. The highest BCUT2D eigenvalue weighted by atomic mass is 16.5. The van der Waals surface area contributed by atoms with E-state index in [1.54, 1.807) is 12.0 Å². The first kappa shape index (κ1) is 13.0. The summed E-state index contributed by atoms with van der Waals surface area (Å²) in [6, 6.07) is -0.191. The van der Waals surface area contributed by atoms with Gasteiger partial charge in [0.15, 0.2) is 0 Å². The third kappa shape index (κ3) is 2.95. The van der Waals surface area contributed by atoms with E-state index in [0.717, 1.165) is 12.8 Å². The number of Topliss-reactive ketones (excluding diaryl/α,β-unsaturated/α-hetero) is 1. The molecular weight excluding hydrogens is 210 g/mol. The molecule has 0 unspecified atom stereocenters. The van der Waals surface area contributed by atoms with Crippen LogP contribution in [0.25, 0.3) is 0 Å². The van der Waals surface area contributed by atoms with Crippen LogP contribution in [0.4, 0.5) is 4.79 Å². The summed E-state index contributed by atoms with van der Waals surface area (Å²) in [7, 11) is 2.96. The molecule has 0 radical (unpaired) electrons. The third-order valence-electron chi connectivity index (χ3n) is 2.93. The Kier molecular flexibility index (Phi) is 4.73. The lowest BCUT2D eigenvalue weighted by Gasteiger charge is -2.39. The molecule has 0 bridgehead atoms. The molecule has 92 valence electrons. The molecule has 2 atom stereocenters. The summed E-state index contributed by atoms with van der Waals surface area (Å²) in [5, 5.41) is 0. The molecule has 1 saturated heterocycles. The predicted octanol–water partition coefficient (Wildman–Crippen LogP) is 1.21. The van der Waals surface area contributed by atoms with Crippen molar-refractivity contribution in [1.29, 1.82) is 0 Å². The molecule has 0 aromatic rings. The fourth-order valence-corrected chi connectivity index (χ4v) is 2.18. The van der Waals surface area contributed by atoms with Gasteiger partial charge in [0.1, 0.15) is 5.78 Å². The molecule has 0 spiro atoms. The Morgan fingerprint density at radius 1 is 1.38 bits per heavy atom. The van der Waals surface area contributed by atoms with E-state index in [1.807, 2.05) is 0 Å². The van der Waals surface area contributed by atoms with E-state index in [-0.39, 0.29) is 24.0 Å². The van der Waals surface area contributed by atoms with Gasteiger partial charge in [-0.25, -0.2) is 4.79 Å².